The quantitative estimate of drug-likeness (QED) is 0.516. The second-order valence-corrected chi connectivity index (χ2v) is 8.28. The molecule has 32 heavy (non-hydrogen) atoms. The number of carbonyl (C=O) groups is 1. The van der Waals surface area contributed by atoms with Crippen LogP contribution in [-0.2, 0) is 4.79 Å². The Balaban J connectivity index is 1.42. The summed E-state index contributed by atoms with van der Waals surface area (Å²) < 4.78 is 16.1. The number of methoxy groups -OCH3 is 3. The fraction of sp³-hybridized carbons (Fsp3) is 0.348. The highest BCUT2D eigenvalue weighted by Gasteiger charge is 2.32. The summed E-state index contributed by atoms with van der Waals surface area (Å²) in [4.78, 5) is 19.5. The average Bonchev–Trinajstić information content (AvgIpc) is 3.52. The molecule has 8 nitrogen and oxygen atoms in total. The molecule has 2 aromatic carbocycles. The van der Waals surface area contributed by atoms with Gasteiger partial charge in [0.15, 0.2) is 5.82 Å². The van der Waals surface area contributed by atoms with Crippen LogP contribution in [0.2, 0.25) is 0 Å². The number of carbonyl (C=O) groups excluding carboxylic acids is 1. The molecular formula is C23H26N4O4S. The van der Waals surface area contributed by atoms with E-state index in [1.54, 1.807) is 21.3 Å². The second-order valence-electron chi connectivity index (χ2n) is 7.34. The SMILES string of the molecule is COc1ccc(-c2nc(SCC(=O)N3CCC[C@H]3c3cc(OC)ccc3OC)n[nH]2)cc1. The van der Waals surface area contributed by atoms with Crippen LogP contribution >= 0.6 is 11.8 Å². The molecule has 1 fully saturated rings. The van der Waals surface area contributed by atoms with E-state index in [1.165, 1.54) is 11.8 Å². The lowest BCUT2D eigenvalue weighted by atomic mass is 10.0. The summed E-state index contributed by atoms with van der Waals surface area (Å²) in [6, 6.07) is 13.2. The molecule has 2 heterocycles. The number of nitrogens with one attached hydrogen (secondary N) is 1. The number of amides is 1. The van der Waals surface area contributed by atoms with Crippen LogP contribution in [0.5, 0.6) is 17.2 Å². The number of hydrogen-bond donors (Lipinski definition) is 1. The van der Waals surface area contributed by atoms with Gasteiger partial charge < -0.3 is 19.1 Å². The van der Waals surface area contributed by atoms with E-state index in [4.69, 9.17) is 14.2 Å². The minimum Gasteiger partial charge on any atom is -0.497 e. The molecule has 0 unspecified atom stereocenters. The Labute approximate surface area is 191 Å². The standard InChI is InChI=1S/C23H26N4O4S/c1-29-16-8-6-15(7-9-16)22-24-23(26-25-22)32-14-21(28)27-12-4-5-19(27)18-13-17(30-2)10-11-20(18)31-3/h6-11,13,19H,4-5,12,14H2,1-3H3,(H,24,25,26)/t19-/m0/s1. The number of aromatic amines is 1. The smallest absolute Gasteiger partial charge is 0.233 e. The van der Waals surface area contributed by atoms with Gasteiger partial charge in [-0.15, -0.1) is 5.10 Å². The van der Waals surface area contributed by atoms with Crippen molar-refractivity contribution >= 4 is 17.7 Å². The zero-order chi connectivity index (χ0) is 22.5. The molecule has 9 heteroatoms. The van der Waals surface area contributed by atoms with E-state index in [0.29, 0.717) is 11.0 Å². The Hall–Kier alpha value is -3.20. The van der Waals surface area contributed by atoms with Gasteiger partial charge in [0.2, 0.25) is 11.1 Å². The summed E-state index contributed by atoms with van der Waals surface area (Å²) in [7, 11) is 4.91. The van der Waals surface area contributed by atoms with Gasteiger partial charge >= 0.3 is 0 Å². The molecule has 0 bridgehead atoms. The van der Waals surface area contributed by atoms with Crippen LogP contribution < -0.4 is 14.2 Å². The largest absolute Gasteiger partial charge is 0.497 e. The molecule has 1 aliphatic heterocycles. The molecule has 1 amide bonds. The molecule has 168 valence electrons. The Morgan fingerprint density at radius 1 is 1.09 bits per heavy atom. The maximum Gasteiger partial charge on any atom is 0.233 e. The maximum atomic E-state index is 13.1. The first kappa shape index (κ1) is 22.0. The van der Waals surface area contributed by atoms with Gasteiger partial charge in [0.25, 0.3) is 0 Å². The third kappa shape index (κ3) is 4.67. The summed E-state index contributed by atoms with van der Waals surface area (Å²) in [5.41, 5.74) is 1.88. The molecule has 3 aromatic rings. The minimum atomic E-state index is -0.0323. The molecule has 0 spiro atoms. The van der Waals surface area contributed by atoms with Crippen LogP contribution in [0, 0.1) is 0 Å². The van der Waals surface area contributed by atoms with Crippen molar-refractivity contribution in [1.29, 1.82) is 0 Å². The molecule has 1 aliphatic rings. The van der Waals surface area contributed by atoms with Gasteiger partial charge in [-0.25, -0.2) is 4.98 Å². The lowest BCUT2D eigenvalue weighted by Gasteiger charge is -2.26. The fourth-order valence-corrected chi connectivity index (χ4v) is 4.57. The number of rotatable bonds is 8. The highest BCUT2D eigenvalue weighted by Crippen LogP contribution is 2.39. The third-order valence-electron chi connectivity index (χ3n) is 5.52. The fourth-order valence-electron chi connectivity index (χ4n) is 3.89. The Morgan fingerprint density at radius 2 is 1.84 bits per heavy atom. The van der Waals surface area contributed by atoms with E-state index in [1.807, 2.05) is 47.4 Å². The summed E-state index contributed by atoms with van der Waals surface area (Å²) >= 11 is 1.33. The number of thioether (sulfide) groups is 1. The van der Waals surface area contributed by atoms with Crippen molar-refractivity contribution in [3.8, 4) is 28.6 Å². The van der Waals surface area contributed by atoms with Crippen molar-refractivity contribution < 1.29 is 19.0 Å². The molecule has 1 N–H and O–H groups in total. The zero-order valence-corrected chi connectivity index (χ0v) is 19.1. The Morgan fingerprint density at radius 3 is 2.56 bits per heavy atom. The number of H-pyrrole nitrogens is 1. The molecular weight excluding hydrogens is 428 g/mol. The summed E-state index contributed by atoms with van der Waals surface area (Å²) in [6.07, 6.45) is 1.84. The van der Waals surface area contributed by atoms with Crippen LogP contribution in [0.1, 0.15) is 24.4 Å². The van der Waals surface area contributed by atoms with Crippen LogP contribution in [0.25, 0.3) is 11.4 Å². The van der Waals surface area contributed by atoms with Crippen LogP contribution in [0.3, 0.4) is 0 Å². The first-order valence-corrected chi connectivity index (χ1v) is 11.3. The van der Waals surface area contributed by atoms with Gasteiger partial charge in [0.05, 0.1) is 33.1 Å². The van der Waals surface area contributed by atoms with Gasteiger partial charge in [-0.1, -0.05) is 11.8 Å². The molecule has 1 atom stereocenters. The highest BCUT2D eigenvalue weighted by molar-refractivity contribution is 7.99. The van der Waals surface area contributed by atoms with E-state index in [0.717, 1.165) is 47.8 Å². The topological polar surface area (TPSA) is 89.6 Å². The predicted octanol–water partition coefficient (Wildman–Crippen LogP) is 3.95. The maximum absolute atomic E-state index is 13.1. The first-order valence-electron chi connectivity index (χ1n) is 10.3. The molecule has 0 aliphatic carbocycles. The van der Waals surface area contributed by atoms with Crippen LogP contribution in [0.15, 0.2) is 47.6 Å². The Bertz CT molecular complexity index is 1070. The number of hydrogen-bond acceptors (Lipinski definition) is 7. The summed E-state index contributed by atoms with van der Waals surface area (Å²) in [6.45, 7) is 0.718. The third-order valence-corrected chi connectivity index (χ3v) is 6.35. The molecule has 4 rings (SSSR count). The first-order chi connectivity index (χ1) is 15.6. The minimum absolute atomic E-state index is 0.0323. The van der Waals surface area contributed by atoms with E-state index in [2.05, 4.69) is 15.2 Å². The van der Waals surface area contributed by atoms with Gasteiger partial charge in [-0.2, -0.15) is 0 Å². The lowest BCUT2D eigenvalue weighted by molar-refractivity contribution is -0.129. The van der Waals surface area contributed by atoms with Crippen molar-refractivity contribution in [3.63, 3.8) is 0 Å². The summed E-state index contributed by atoms with van der Waals surface area (Å²) in [5.74, 6) is 3.27. The van der Waals surface area contributed by atoms with Crippen molar-refractivity contribution in [3.05, 3.63) is 48.0 Å². The molecule has 0 saturated carbocycles. The normalized spacial score (nSPS) is 15.6. The molecule has 0 radical (unpaired) electrons. The van der Waals surface area contributed by atoms with E-state index in [-0.39, 0.29) is 17.7 Å². The van der Waals surface area contributed by atoms with Gasteiger partial charge in [0.1, 0.15) is 17.2 Å². The number of aromatic nitrogens is 3. The number of ether oxygens (including phenoxy) is 3. The van der Waals surface area contributed by atoms with Crippen LogP contribution in [-0.4, -0.2) is 59.6 Å². The zero-order valence-electron chi connectivity index (χ0n) is 18.3. The number of nitrogens with zero attached hydrogens (tertiary/aromatic N) is 3. The van der Waals surface area contributed by atoms with E-state index < -0.39 is 0 Å². The highest BCUT2D eigenvalue weighted by atomic mass is 32.2. The number of benzene rings is 2. The van der Waals surface area contributed by atoms with Gasteiger partial charge in [-0.05, 0) is 55.3 Å². The second kappa shape index (κ2) is 9.95. The number of likely N-dealkylation sites (tertiary alicyclic amines) is 1. The lowest BCUT2D eigenvalue weighted by Crippen LogP contribution is -2.32. The van der Waals surface area contributed by atoms with Gasteiger partial charge in [0, 0.05) is 17.7 Å². The van der Waals surface area contributed by atoms with Crippen molar-refractivity contribution in [2.75, 3.05) is 33.6 Å². The van der Waals surface area contributed by atoms with Crippen molar-refractivity contribution in [2.24, 2.45) is 0 Å². The van der Waals surface area contributed by atoms with E-state index >= 15 is 0 Å². The molecule has 1 aromatic heterocycles. The monoisotopic (exact) mass is 454 g/mol. The predicted molar refractivity (Wildman–Crippen MR) is 122 cm³/mol. The van der Waals surface area contributed by atoms with Crippen LogP contribution in [0.4, 0.5) is 0 Å². The van der Waals surface area contributed by atoms with E-state index in [9.17, 15) is 4.79 Å². The summed E-state index contributed by atoms with van der Waals surface area (Å²) in [5, 5.41) is 7.73. The average molecular weight is 455 g/mol. The van der Waals surface area contributed by atoms with Crippen molar-refractivity contribution in [2.45, 2.75) is 24.0 Å². The van der Waals surface area contributed by atoms with Gasteiger partial charge in [-0.3, -0.25) is 9.89 Å². The van der Waals surface area contributed by atoms with Crippen molar-refractivity contribution in [1.82, 2.24) is 20.1 Å². The Kier molecular flexibility index (Phi) is 6.84. The molecule has 1 saturated heterocycles.